The first-order valence-electron chi connectivity index (χ1n) is 7.20. The van der Waals surface area contributed by atoms with Gasteiger partial charge >= 0.3 is 0 Å². The van der Waals surface area contributed by atoms with Crippen molar-refractivity contribution in [3.63, 3.8) is 0 Å². The van der Waals surface area contributed by atoms with Gasteiger partial charge < -0.3 is 4.74 Å². The number of fused-ring (bicyclic) bond motifs is 1. The van der Waals surface area contributed by atoms with Crippen LogP contribution in [0.1, 0.15) is 59.3 Å². The lowest BCUT2D eigenvalue weighted by atomic mass is 9.80. The van der Waals surface area contributed by atoms with Gasteiger partial charge in [-0.2, -0.15) is 0 Å². The molecule has 0 saturated heterocycles. The zero-order valence-electron chi connectivity index (χ0n) is 11.7. The van der Waals surface area contributed by atoms with Crippen LogP contribution in [0.4, 0.5) is 8.78 Å². The van der Waals surface area contributed by atoms with E-state index in [4.69, 9.17) is 4.74 Å². The predicted octanol–water partition coefficient (Wildman–Crippen LogP) is 4.41. The average Bonchev–Trinajstić information content (AvgIpc) is 2.55. The standard InChI is InChI=1S/C15H24F2O/c1-12(2,3)18-10-13-6-4-5-11(13)7-14(8-13)9-15(14,16)17/h11H,4-10H2,1-3H3/t11?,13-,14-/m0/s1. The highest BCUT2D eigenvalue weighted by Crippen LogP contribution is 2.76. The second-order valence-corrected chi connectivity index (χ2v) is 7.90. The lowest BCUT2D eigenvalue weighted by Crippen LogP contribution is -2.32. The smallest absolute Gasteiger partial charge is 0.254 e. The Morgan fingerprint density at radius 3 is 2.44 bits per heavy atom. The third-order valence-corrected chi connectivity index (χ3v) is 5.42. The van der Waals surface area contributed by atoms with E-state index in [1.165, 1.54) is 6.42 Å². The van der Waals surface area contributed by atoms with Crippen molar-refractivity contribution < 1.29 is 13.5 Å². The van der Waals surface area contributed by atoms with Crippen LogP contribution in [0.15, 0.2) is 0 Å². The lowest BCUT2D eigenvalue weighted by molar-refractivity contribution is -0.0606. The van der Waals surface area contributed by atoms with Crippen LogP contribution in [0.25, 0.3) is 0 Å². The van der Waals surface area contributed by atoms with Crippen molar-refractivity contribution in [2.45, 2.75) is 70.8 Å². The van der Waals surface area contributed by atoms with E-state index in [1.54, 1.807) is 0 Å². The van der Waals surface area contributed by atoms with Crippen molar-refractivity contribution in [1.82, 2.24) is 0 Å². The minimum atomic E-state index is -2.38. The molecule has 0 aliphatic heterocycles. The van der Waals surface area contributed by atoms with Crippen molar-refractivity contribution in [1.29, 1.82) is 0 Å². The summed E-state index contributed by atoms with van der Waals surface area (Å²) in [6.07, 6.45) is 4.99. The zero-order valence-corrected chi connectivity index (χ0v) is 11.7. The summed E-state index contributed by atoms with van der Waals surface area (Å²) < 4.78 is 33.2. The van der Waals surface area contributed by atoms with Crippen molar-refractivity contribution in [2.75, 3.05) is 6.61 Å². The van der Waals surface area contributed by atoms with E-state index in [2.05, 4.69) is 0 Å². The highest BCUT2D eigenvalue weighted by Gasteiger charge is 2.77. The maximum Gasteiger partial charge on any atom is 0.254 e. The van der Waals surface area contributed by atoms with Gasteiger partial charge in [-0.3, -0.25) is 0 Å². The van der Waals surface area contributed by atoms with E-state index >= 15 is 0 Å². The van der Waals surface area contributed by atoms with Gasteiger partial charge in [0.25, 0.3) is 5.92 Å². The van der Waals surface area contributed by atoms with E-state index in [9.17, 15) is 8.78 Å². The molecule has 3 saturated carbocycles. The summed E-state index contributed by atoms with van der Waals surface area (Å²) in [5.74, 6) is -1.90. The molecule has 0 heterocycles. The van der Waals surface area contributed by atoms with Gasteiger partial charge in [0.15, 0.2) is 0 Å². The predicted molar refractivity (Wildman–Crippen MR) is 66.7 cm³/mol. The Morgan fingerprint density at radius 2 is 1.89 bits per heavy atom. The van der Waals surface area contributed by atoms with Crippen LogP contribution < -0.4 is 0 Å². The van der Waals surface area contributed by atoms with Gasteiger partial charge in [-0.05, 0) is 57.8 Å². The topological polar surface area (TPSA) is 9.23 Å². The Bertz CT molecular complexity index is 360. The molecule has 3 rings (SSSR count). The van der Waals surface area contributed by atoms with E-state index in [1.807, 2.05) is 20.8 Å². The molecule has 1 spiro atoms. The van der Waals surface area contributed by atoms with Crippen molar-refractivity contribution in [3.8, 4) is 0 Å². The minimum Gasteiger partial charge on any atom is -0.375 e. The molecule has 0 aromatic heterocycles. The summed E-state index contributed by atoms with van der Waals surface area (Å²) in [6.45, 7) is 6.82. The molecule has 104 valence electrons. The zero-order chi connectivity index (χ0) is 13.2. The Balaban J connectivity index is 1.74. The Labute approximate surface area is 108 Å². The summed E-state index contributed by atoms with van der Waals surface area (Å²) >= 11 is 0. The lowest BCUT2D eigenvalue weighted by Gasteiger charge is -2.33. The van der Waals surface area contributed by atoms with E-state index in [0.29, 0.717) is 18.9 Å². The molecule has 0 aromatic carbocycles. The quantitative estimate of drug-likeness (QED) is 0.713. The number of hydrogen-bond donors (Lipinski definition) is 0. The van der Waals surface area contributed by atoms with Crippen molar-refractivity contribution in [3.05, 3.63) is 0 Å². The van der Waals surface area contributed by atoms with Gasteiger partial charge in [-0.15, -0.1) is 0 Å². The number of alkyl halides is 2. The summed E-state index contributed by atoms with van der Waals surface area (Å²) in [6, 6.07) is 0. The second kappa shape index (κ2) is 3.47. The Kier molecular flexibility index (Phi) is 2.48. The van der Waals surface area contributed by atoms with Crippen LogP contribution >= 0.6 is 0 Å². The first-order valence-corrected chi connectivity index (χ1v) is 7.20. The van der Waals surface area contributed by atoms with Crippen LogP contribution in [-0.2, 0) is 4.74 Å². The number of hydrogen-bond acceptors (Lipinski definition) is 1. The van der Waals surface area contributed by atoms with Crippen molar-refractivity contribution >= 4 is 0 Å². The van der Waals surface area contributed by atoms with Crippen molar-refractivity contribution in [2.24, 2.45) is 16.7 Å². The fourth-order valence-corrected chi connectivity index (χ4v) is 4.38. The average molecular weight is 258 g/mol. The highest BCUT2D eigenvalue weighted by atomic mass is 19.3. The summed E-state index contributed by atoms with van der Waals surface area (Å²) in [5.41, 5.74) is -0.740. The summed E-state index contributed by atoms with van der Waals surface area (Å²) in [5, 5.41) is 0. The van der Waals surface area contributed by atoms with Gasteiger partial charge in [-0.25, -0.2) is 8.78 Å². The van der Waals surface area contributed by atoms with Gasteiger partial charge in [0.1, 0.15) is 0 Å². The normalized spacial score (nSPS) is 45.5. The maximum atomic E-state index is 13.6. The summed E-state index contributed by atoms with van der Waals surface area (Å²) in [7, 11) is 0. The molecule has 0 bridgehead atoms. The molecule has 0 radical (unpaired) electrons. The van der Waals surface area contributed by atoms with Crippen LogP contribution in [-0.4, -0.2) is 18.1 Å². The second-order valence-electron chi connectivity index (χ2n) is 7.90. The first-order chi connectivity index (χ1) is 8.18. The number of halogens is 2. The molecule has 3 aliphatic rings. The van der Waals surface area contributed by atoms with E-state index in [0.717, 1.165) is 19.3 Å². The molecular formula is C15H24F2O. The molecule has 3 atom stereocenters. The van der Waals surface area contributed by atoms with E-state index < -0.39 is 11.3 Å². The third-order valence-electron chi connectivity index (χ3n) is 5.42. The van der Waals surface area contributed by atoms with Gasteiger partial charge in [0.2, 0.25) is 0 Å². The SMILES string of the molecule is CC(C)(C)OC[C@@]12CCCC1C[C@@]1(CC1(F)F)C2. The van der Waals surface area contributed by atoms with Crippen LogP contribution in [0.2, 0.25) is 0 Å². The van der Waals surface area contributed by atoms with Gasteiger partial charge in [-0.1, -0.05) is 6.42 Å². The number of ether oxygens (including phenoxy) is 1. The third kappa shape index (κ3) is 1.81. The monoisotopic (exact) mass is 258 g/mol. The van der Waals surface area contributed by atoms with Crippen LogP contribution in [0, 0.1) is 16.7 Å². The minimum absolute atomic E-state index is 0.0627. The molecule has 3 aliphatic carbocycles. The number of rotatable bonds is 2. The summed E-state index contributed by atoms with van der Waals surface area (Å²) in [4.78, 5) is 0. The van der Waals surface area contributed by atoms with Gasteiger partial charge in [0.05, 0.1) is 12.2 Å². The molecular weight excluding hydrogens is 234 g/mol. The molecule has 1 unspecified atom stereocenters. The molecule has 1 nitrogen and oxygen atoms in total. The van der Waals surface area contributed by atoms with E-state index in [-0.39, 0.29) is 17.4 Å². The fraction of sp³-hybridized carbons (Fsp3) is 1.00. The van der Waals surface area contributed by atoms with Crippen LogP contribution in [0.3, 0.4) is 0 Å². The van der Waals surface area contributed by atoms with Gasteiger partial charge in [0, 0.05) is 11.8 Å². The molecule has 0 N–H and O–H groups in total. The molecule has 18 heavy (non-hydrogen) atoms. The molecule has 3 heteroatoms. The Hall–Kier alpha value is -0.180. The van der Waals surface area contributed by atoms with Crippen LogP contribution in [0.5, 0.6) is 0 Å². The first kappa shape index (κ1) is 12.8. The largest absolute Gasteiger partial charge is 0.375 e. The Morgan fingerprint density at radius 1 is 1.22 bits per heavy atom. The maximum absolute atomic E-state index is 13.6. The fourth-order valence-electron chi connectivity index (χ4n) is 4.38. The molecule has 3 fully saturated rings. The highest BCUT2D eigenvalue weighted by molar-refractivity contribution is 5.19. The molecule has 0 amide bonds. The molecule has 0 aromatic rings.